The number of benzene rings is 3. The molecule has 1 unspecified atom stereocenters. The molecule has 3 aromatic carbocycles. The number of aromatic nitrogens is 1. The second kappa shape index (κ2) is 8.98. The van der Waals surface area contributed by atoms with Crippen LogP contribution in [0.1, 0.15) is 27.4 Å². The first-order valence-electron chi connectivity index (χ1n) is 9.84. The van der Waals surface area contributed by atoms with Crippen molar-refractivity contribution in [2.45, 2.75) is 10.8 Å². The number of rotatable bonds is 6. The molecule has 8 heteroatoms. The maximum atomic E-state index is 13.0. The van der Waals surface area contributed by atoms with E-state index in [0.717, 1.165) is 28.3 Å². The van der Waals surface area contributed by atoms with Gasteiger partial charge >= 0.3 is 0 Å². The third-order valence-electron chi connectivity index (χ3n) is 5.35. The van der Waals surface area contributed by atoms with Crippen molar-refractivity contribution >= 4 is 49.8 Å². The van der Waals surface area contributed by atoms with Gasteiger partial charge in [-0.2, -0.15) is 0 Å². The molecule has 164 valence electrons. The molecule has 0 spiro atoms. The molecule has 1 amide bonds. The van der Waals surface area contributed by atoms with Crippen molar-refractivity contribution in [3.8, 4) is 0 Å². The monoisotopic (exact) mass is 486 g/mol. The van der Waals surface area contributed by atoms with E-state index in [9.17, 15) is 13.2 Å². The lowest BCUT2D eigenvalue weighted by Crippen LogP contribution is -2.29. The molecule has 0 aliphatic heterocycles. The molecule has 5 nitrogen and oxygen atoms in total. The fraction of sp³-hybridized carbons (Fsp3) is 0.125. The Hall–Kier alpha value is -2.80. The van der Waals surface area contributed by atoms with Crippen LogP contribution >= 0.6 is 23.2 Å². The van der Waals surface area contributed by atoms with Gasteiger partial charge in [-0.3, -0.25) is 4.79 Å². The Morgan fingerprint density at radius 1 is 0.969 bits per heavy atom. The van der Waals surface area contributed by atoms with Gasteiger partial charge in [0.15, 0.2) is 9.84 Å². The first-order valence-corrected chi connectivity index (χ1v) is 12.5. The van der Waals surface area contributed by atoms with Crippen LogP contribution < -0.4 is 5.32 Å². The average molecular weight is 487 g/mol. The molecule has 0 fully saturated rings. The molecule has 1 heterocycles. The lowest BCUT2D eigenvalue weighted by molar-refractivity contribution is 0.0952. The molecular formula is C24H20Cl2N2O3S. The molecule has 1 aromatic heterocycles. The highest BCUT2D eigenvalue weighted by atomic mass is 35.5. The molecule has 4 aromatic rings. The van der Waals surface area contributed by atoms with Gasteiger partial charge in [-0.1, -0.05) is 59.6 Å². The van der Waals surface area contributed by atoms with Gasteiger partial charge in [-0.05, 0) is 41.5 Å². The van der Waals surface area contributed by atoms with Crippen molar-refractivity contribution < 1.29 is 13.2 Å². The number of amides is 1. The average Bonchev–Trinajstić information content (AvgIpc) is 3.18. The number of halogens is 2. The van der Waals surface area contributed by atoms with Crippen molar-refractivity contribution in [3.05, 3.63) is 99.7 Å². The molecule has 32 heavy (non-hydrogen) atoms. The summed E-state index contributed by atoms with van der Waals surface area (Å²) in [5, 5.41) is 4.71. The van der Waals surface area contributed by atoms with Crippen LogP contribution in [0.2, 0.25) is 10.0 Å². The van der Waals surface area contributed by atoms with Crippen molar-refractivity contribution in [1.82, 2.24) is 10.3 Å². The van der Waals surface area contributed by atoms with Crippen molar-refractivity contribution in [1.29, 1.82) is 0 Å². The summed E-state index contributed by atoms with van der Waals surface area (Å²) in [5.41, 5.74) is 2.95. The zero-order valence-corrected chi connectivity index (χ0v) is 19.4. The second-order valence-corrected chi connectivity index (χ2v) is 10.3. The smallest absolute Gasteiger partial charge is 0.252 e. The number of carbonyl (C=O) groups excluding carboxylic acids is 1. The van der Waals surface area contributed by atoms with Gasteiger partial charge in [0.05, 0.1) is 15.5 Å². The van der Waals surface area contributed by atoms with E-state index in [0.29, 0.717) is 5.02 Å². The molecule has 4 rings (SSSR count). The number of para-hydroxylation sites is 1. The molecule has 2 N–H and O–H groups in total. The van der Waals surface area contributed by atoms with Crippen LogP contribution in [0.5, 0.6) is 0 Å². The second-order valence-electron chi connectivity index (χ2n) is 7.49. The number of nitrogens with one attached hydrogen (secondary N) is 2. The summed E-state index contributed by atoms with van der Waals surface area (Å²) in [6, 6.07) is 19.5. The zero-order valence-electron chi connectivity index (χ0n) is 17.1. The van der Waals surface area contributed by atoms with Gasteiger partial charge in [-0.15, -0.1) is 0 Å². The van der Waals surface area contributed by atoms with Crippen LogP contribution in [0.15, 0.2) is 77.8 Å². The third kappa shape index (κ3) is 4.53. The Morgan fingerprint density at radius 3 is 2.44 bits per heavy atom. The van der Waals surface area contributed by atoms with E-state index in [-0.39, 0.29) is 27.9 Å². The third-order valence-corrected chi connectivity index (χ3v) is 7.14. The van der Waals surface area contributed by atoms with Crippen molar-refractivity contribution in [3.63, 3.8) is 0 Å². The summed E-state index contributed by atoms with van der Waals surface area (Å²) >= 11 is 12.7. The summed E-state index contributed by atoms with van der Waals surface area (Å²) in [4.78, 5) is 16.3. The predicted molar refractivity (Wildman–Crippen MR) is 128 cm³/mol. The van der Waals surface area contributed by atoms with Crippen LogP contribution in [-0.2, 0) is 9.84 Å². The van der Waals surface area contributed by atoms with Gasteiger partial charge in [0.1, 0.15) is 0 Å². The molecule has 0 aliphatic rings. The Morgan fingerprint density at radius 2 is 1.69 bits per heavy atom. The quantitative estimate of drug-likeness (QED) is 0.380. The summed E-state index contributed by atoms with van der Waals surface area (Å²) < 4.78 is 23.8. The number of aromatic amines is 1. The fourth-order valence-electron chi connectivity index (χ4n) is 3.73. The minimum atomic E-state index is -3.48. The number of hydrogen-bond acceptors (Lipinski definition) is 3. The minimum Gasteiger partial charge on any atom is -0.361 e. The maximum Gasteiger partial charge on any atom is 0.252 e. The van der Waals surface area contributed by atoms with Crippen molar-refractivity contribution in [2.75, 3.05) is 12.8 Å². The molecule has 0 saturated heterocycles. The van der Waals surface area contributed by atoms with Crippen LogP contribution in [0.3, 0.4) is 0 Å². The summed E-state index contributed by atoms with van der Waals surface area (Å²) in [6.07, 6.45) is 3.00. The first-order chi connectivity index (χ1) is 15.3. The molecule has 1 atom stereocenters. The highest BCUT2D eigenvalue weighted by Crippen LogP contribution is 2.34. The highest BCUT2D eigenvalue weighted by molar-refractivity contribution is 7.90. The maximum absolute atomic E-state index is 13.0. The molecule has 0 radical (unpaired) electrons. The van der Waals surface area contributed by atoms with E-state index in [1.165, 1.54) is 18.2 Å². The lowest BCUT2D eigenvalue weighted by atomic mass is 9.90. The highest BCUT2D eigenvalue weighted by Gasteiger charge is 2.22. The standard InChI is InChI=1S/C24H20Cl2N2O3S/c1-32(30,31)15-10-11-22(26)18(12-15)24(29)28-14-19(16-6-2-4-8-21(16)25)20-13-27-23-9-5-3-7-17(20)23/h2-13,19,27H,14H2,1H3,(H,28,29). The van der Waals surface area contributed by atoms with Gasteiger partial charge in [0.2, 0.25) is 0 Å². The van der Waals surface area contributed by atoms with Gasteiger partial charge in [0.25, 0.3) is 5.91 Å². The first kappa shape index (κ1) is 22.4. The number of H-pyrrole nitrogens is 1. The summed E-state index contributed by atoms with van der Waals surface area (Å²) in [7, 11) is -3.48. The summed E-state index contributed by atoms with van der Waals surface area (Å²) in [5.74, 6) is -0.696. The zero-order chi connectivity index (χ0) is 22.9. The molecule has 0 saturated carbocycles. The normalized spacial score (nSPS) is 12.6. The van der Waals surface area contributed by atoms with Gasteiger partial charge in [0, 0.05) is 40.8 Å². The number of carbonyl (C=O) groups is 1. The van der Waals surface area contributed by atoms with Gasteiger partial charge in [-0.25, -0.2) is 8.42 Å². The molecule has 0 bridgehead atoms. The van der Waals surface area contributed by atoms with Crippen LogP contribution in [0, 0.1) is 0 Å². The van der Waals surface area contributed by atoms with E-state index >= 15 is 0 Å². The van der Waals surface area contributed by atoms with E-state index in [2.05, 4.69) is 10.3 Å². The SMILES string of the molecule is CS(=O)(=O)c1ccc(Cl)c(C(=O)NCC(c2ccccc2Cl)c2c[nH]c3ccccc23)c1. The Bertz CT molecular complexity index is 1410. The van der Waals surface area contributed by atoms with E-state index in [1.807, 2.05) is 54.7 Å². The van der Waals surface area contributed by atoms with E-state index < -0.39 is 15.7 Å². The lowest BCUT2D eigenvalue weighted by Gasteiger charge is -2.20. The van der Waals surface area contributed by atoms with E-state index in [1.54, 1.807) is 0 Å². The van der Waals surface area contributed by atoms with Gasteiger partial charge < -0.3 is 10.3 Å². The number of sulfone groups is 1. The Balaban J connectivity index is 1.69. The van der Waals surface area contributed by atoms with Crippen LogP contribution in [0.25, 0.3) is 10.9 Å². The fourth-order valence-corrected chi connectivity index (χ4v) is 4.84. The number of fused-ring (bicyclic) bond motifs is 1. The van der Waals surface area contributed by atoms with Crippen LogP contribution in [-0.4, -0.2) is 32.1 Å². The van der Waals surface area contributed by atoms with Crippen LogP contribution in [0.4, 0.5) is 0 Å². The predicted octanol–water partition coefficient (Wildman–Crippen LogP) is 5.44. The Kier molecular flexibility index (Phi) is 6.29. The summed E-state index contributed by atoms with van der Waals surface area (Å²) in [6.45, 7) is 0.240. The van der Waals surface area contributed by atoms with Crippen molar-refractivity contribution in [2.24, 2.45) is 0 Å². The Labute approximate surface area is 196 Å². The topological polar surface area (TPSA) is 79.0 Å². The number of hydrogen-bond donors (Lipinski definition) is 2. The van der Waals surface area contributed by atoms with E-state index in [4.69, 9.17) is 23.2 Å². The minimum absolute atomic E-state index is 0.0336. The molecule has 0 aliphatic carbocycles. The molecular weight excluding hydrogens is 467 g/mol. The largest absolute Gasteiger partial charge is 0.361 e.